The molecule has 0 saturated carbocycles. The zero-order valence-electron chi connectivity index (χ0n) is 13.6. The largest absolute Gasteiger partial charge is 0.469 e. The first-order valence-electron chi connectivity index (χ1n) is 7.20. The van der Waals surface area contributed by atoms with E-state index in [4.69, 9.17) is 14.0 Å². The summed E-state index contributed by atoms with van der Waals surface area (Å²) in [4.78, 5) is 15.5. The zero-order chi connectivity index (χ0) is 16.5. The van der Waals surface area contributed by atoms with Gasteiger partial charge in [0.05, 0.1) is 30.9 Å². The maximum absolute atomic E-state index is 14.1. The number of hydrogen-bond acceptors (Lipinski definition) is 5. The van der Waals surface area contributed by atoms with Crippen molar-refractivity contribution in [1.82, 2.24) is 4.98 Å². The van der Waals surface area contributed by atoms with E-state index >= 15 is 0 Å². The molecule has 1 saturated heterocycles. The third-order valence-electron chi connectivity index (χ3n) is 4.42. The lowest BCUT2D eigenvalue weighted by atomic mass is 9.66. The van der Waals surface area contributed by atoms with Crippen LogP contribution in [0.2, 0.25) is 0 Å². The summed E-state index contributed by atoms with van der Waals surface area (Å²) in [5.74, 6) is -1.54. The Morgan fingerprint density at radius 3 is 2.45 bits per heavy atom. The average Bonchev–Trinajstić information content (AvgIpc) is 2.65. The third kappa shape index (κ3) is 3.15. The van der Waals surface area contributed by atoms with Crippen LogP contribution in [0.3, 0.4) is 0 Å². The van der Waals surface area contributed by atoms with Crippen molar-refractivity contribution >= 4 is 13.1 Å². The van der Waals surface area contributed by atoms with Crippen molar-refractivity contribution < 1.29 is 23.2 Å². The molecule has 5 nitrogen and oxygen atoms in total. The average molecular weight is 309 g/mol. The first-order valence-corrected chi connectivity index (χ1v) is 7.20. The number of rotatable bonds is 4. The van der Waals surface area contributed by atoms with Crippen molar-refractivity contribution in [3.8, 4) is 0 Å². The standard InChI is InChI=1S/C15H21BFNO4/c1-14(2)15(3,4)22-16(21-14)11(8-13(19)20-5)10-6-7-18-9-12(10)17/h6-7,9,11H,8H2,1-5H3. The lowest BCUT2D eigenvalue weighted by Gasteiger charge is -2.32. The van der Waals surface area contributed by atoms with Crippen molar-refractivity contribution in [1.29, 1.82) is 0 Å². The number of halogens is 1. The molecule has 1 atom stereocenters. The van der Waals surface area contributed by atoms with Gasteiger partial charge in [-0.2, -0.15) is 0 Å². The molecule has 0 N–H and O–H groups in total. The fourth-order valence-electron chi connectivity index (χ4n) is 2.36. The molecule has 1 aliphatic heterocycles. The second-order valence-corrected chi connectivity index (χ2v) is 6.41. The molecule has 1 fully saturated rings. The lowest BCUT2D eigenvalue weighted by Crippen LogP contribution is -2.41. The number of carbonyl (C=O) groups excluding carboxylic acids is 1. The molecular weight excluding hydrogens is 288 g/mol. The van der Waals surface area contributed by atoms with Gasteiger partial charge in [0.25, 0.3) is 0 Å². The summed E-state index contributed by atoms with van der Waals surface area (Å²) in [6.45, 7) is 7.63. The van der Waals surface area contributed by atoms with Gasteiger partial charge in [0.15, 0.2) is 0 Å². The number of methoxy groups -OCH3 is 1. The topological polar surface area (TPSA) is 57.7 Å². The fourth-order valence-corrected chi connectivity index (χ4v) is 2.36. The normalized spacial score (nSPS) is 20.7. The van der Waals surface area contributed by atoms with Gasteiger partial charge in [0.2, 0.25) is 0 Å². The molecule has 0 amide bonds. The summed E-state index contributed by atoms with van der Waals surface area (Å²) >= 11 is 0. The summed E-state index contributed by atoms with van der Waals surface area (Å²) in [6, 6.07) is 1.54. The molecule has 0 radical (unpaired) electrons. The molecule has 0 aliphatic carbocycles. The van der Waals surface area contributed by atoms with Crippen LogP contribution in [0.5, 0.6) is 0 Å². The molecule has 1 aromatic rings. The highest BCUT2D eigenvalue weighted by atomic mass is 19.1. The van der Waals surface area contributed by atoms with E-state index in [1.54, 1.807) is 0 Å². The summed E-state index contributed by atoms with van der Waals surface area (Å²) in [5.41, 5.74) is -0.788. The van der Waals surface area contributed by atoms with E-state index in [-0.39, 0.29) is 6.42 Å². The Labute approximate surface area is 130 Å². The van der Waals surface area contributed by atoms with E-state index < -0.39 is 35.9 Å². The van der Waals surface area contributed by atoms with Crippen molar-refractivity contribution in [3.05, 3.63) is 29.8 Å². The number of pyridine rings is 1. The quantitative estimate of drug-likeness (QED) is 0.632. The molecule has 0 spiro atoms. The van der Waals surface area contributed by atoms with Crippen LogP contribution < -0.4 is 0 Å². The van der Waals surface area contributed by atoms with Crippen molar-refractivity contribution in [2.75, 3.05) is 7.11 Å². The van der Waals surface area contributed by atoms with E-state index in [0.717, 1.165) is 6.20 Å². The lowest BCUT2D eigenvalue weighted by molar-refractivity contribution is -0.140. The maximum Gasteiger partial charge on any atom is 0.466 e. The zero-order valence-corrected chi connectivity index (χ0v) is 13.6. The fraction of sp³-hybridized carbons (Fsp3) is 0.600. The van der Waals surface area contributed by atoms with Crippen LogP contribution in [0.25, 0.3) is 0 Å². The number of hydrogen-bond donors (Lipinski definition) is 0. The van der Waals surface area contributed by atoms with Crippen LogP contribution in [0.15, 0.2) is 18.5 Å². The van der Waals surface area contributed by atoms with Crippen LogP contribution in [-0.4, -0.2) is 36.4 Å². The van der Waals surface area contributed by atoms with Gasteiger partial charge in [-0.1, -0.05) is 0 Å². The Morgan fingerprint density at radius 1 is 1.36 bits per heavy atom. The van der Waals surface area contributed by atoms with Crippen molar-refractivity contribution in [2.24, 2.45) is 0 Å². The van der Waals surface area contributed by atoms with Crippen LogP contribution in [-0.2, 0) is 18.8 Å². The molecule has 2 heterocycles. The second-order valence-electron chi connectivity index (χ2n) is 6.41. The van der Waals surface area contributed by atoms with Crippen LogP contribution >= 0.6 is 0 Å². The minimum atomic E-state index is -0.735. The van der Waals surface area contributed by atoms with Crippen molar-refractivity contribution in [2.45, 2.75) is 51.1 Å². The minimum Gasteiger partial charge on any atom is -0.469 e. The smallest absolute Gasteiger partial charge is 0.466 e. The predicted molar refractivity (Wildman–Crippen MR) is 79.7 cm³/mol. The molecular formula is C15H21BFNO4. The Balaban J connectivity index is 2.35. The molecule has 120 valence electrons. The van der Waals surface area contributed by atoms with Gasteiger partial charge in [-0.3, -0.25) is 9.78 Å². The van der Waals surface area contributed by atoms with E-state index in [1.165, 1.54) is 19.4 Å². The van der Waals surface area contributed by atoms with Gasteiger partial charge in [-0.15, -0.1) is 0 Å². The van der Waals surface area contributed by atoms with E-state index in [1.807, 2.05) is 27.7 Å². The minimum absolute atomic E-state index is 0.0335. The van der Waals surface area contributed by atoms with Crippen LogP contribution in [0.1, 0.15) is 45.5 Å². The highest BCUT2D eigenvalue weighted by Crippen LogP contribution is 2.42. The number of esters is 1. The predicted octanol–water partition coefficient (Wildman–Crippen LogP) is 2.50. The van der Waals surface area contributed by atoms with Gasteiger partial charge < -0.3 is 14.0 Å². The first-order chi connectivity index (χ1) is 10.2. The molecule has 0 aromatic carbocycles. The van der Waals surface area contributed by atoms with Gasteiger partial charge >= 0.3 is 13.1 Å². The van der Waals surface area contributed by atoms with E-state index in [2.05, 4.69) is 4.98 Å². The highest BCUT2D eigenvalue weighted by molar-refractivity contribution is 6.48. The molecule has 1 aromatic heterocycles. The number of carbonyl (C=O) groups is 1. The summed E-state index contributed by atoms with van der Waals surface area (Å²) < 4.78 is 30.8. The second kappa shape index (κ2) is 5.97. The number of nitrogens with zero attached hydrogens (tertiary/aromatic N) is 1. The third-order valence-corrected chi connectivity index (χ3v) is 4.42. The van der Waals surface area contributed by atoms with E-state index in [9.17, 15) is 9.18 Å². The van der Waals surface area contributed by atoms with Gasteiger partial charge in [0.1, 0.15) is 5.82 Å². The summed E-state index contributed by atoms with van der Waals surface area (Å²) in [5, 5.41) is 0. The summed E-state index contributed by atoms with van der Waals surface area (Å²) in [6.07, 6.45) is 2.56. The molecule has 1 unspecified atom stereocenters. The molecule has 2 rings (SSSR count). The highest BCUT2D eigenvalue weighted by Gasteiger charge is 2.54. The molecule has 22 heavy (non-hydrogen) atoms. The van der Waals surface area contributed by atoms with E-state index in [0.29, 0.717) is 5.56 Å². The molecule has 7 heteroatoms. The molecule has 1 aliphatic rings. The van der Waals surface area contributed by atoms with Crippen molar-refractivity contribution in [3.63, 3.8) is 0 Å². The Morgan fingerprint density at radius 2 is 1.95 bits per heavy atom. The van der Waals surface area contributed by atoms with Gasteiger partial charge in [-0.05, 0) is 39.3 Å². The SMILES string of the molecule is COC(=O)CC(B1OC(C)(C)C(C)(C)O1)c1ccncc1F. The van der Waals surface area contributed by atoms with Crippen LogP contribution in [0, 0.1) is 5.82 Å². The Bertz CT molecular complexity index is 548. The van der Waals surface area contributed by atoms with Gasteiger partial charge in [-0.25, -0.2) is 4.39 Å². The summed E-state index contributed by atoms with van der Waals surface area (Å²) in [7, 11) is 0.563. The van der Waals surface area contributed by atoms with Crippen LogP contribution in [0.4, 0.5) is 4.39 Å². The first kappa shape index (κ1) is 16.9. The Kier molecular flexibility index (Phi) is 4.58. The number of ether oxygens (including phenoxy) is 1. The Hall–Kier alpha value is -1.47. The number of aromatic nitrogens is 1. The van der Waals surface area contributed by atoms with Gasteiger partial charge in [0, 0.05) is 12.0 Å². The monoisotopic (exact) mass is 309 g/mol. The molecule has 0 bridgehead atoms. The maximum atomic E-state index is 14.1.